The predicted octanol–water partition coefficient (Wildman–Crippen LogP) is 3.19. The molecular formula is C18H20BN2O. The van der Waals surface area contributed by atoms with Gasteiger partial charge in [-0.3, -0.25) is 9.78 Å². The Labute approximate surface area is 132 Å². The fraction of sp³-hybridized carbons (Fsp3) is 0.333. The molecule has 4 heteroatoms. The Morgan fingerprint density at radius 1 is 1.23 bits per heavy atom. The summed E-state index contributed by atoms with van der Waals surface area (Å²) in [5.41, 5.74) is 2.12. The maximum Gasteiger partial charge on any atom is 0.215 e. The molecule has 0 bridgehead atoms. The van der Waals surface area contributed by atoms with E-state index in [4.69, 9.17) is 0 Å². The summed E-state index contributed by atoms with van der Waals surface area (Å²) in [4.78, 5) is 16.8. The number of benzene rings is 1. The second-order valence-corrected chi connectivity index (χ2v) is 5.77. The first-order valence-electron chi connectivity index (χ1n) is 7.91. The highest BCUT2D eigenvalue weighted by molar-refractivity contribution is 6.45. The van der Waals surface area contributed by atoms with Crippen molar-refractivity contribution in [2.24, 2.45) is 0 Å². The minimum atomic E-state index is -0.0300. The molecule has 0 saturated carbocycles. The Hall–Kier alpha value is -2.10. The first-order chi connectivity index (χ1) is 10.8. The van der Waals surface area contributed by atoms with E-state index in [0.29, 0.717) is 6.42 Å². The van der Waals surface area contributed by atoms with Gasteiger partial charge in [0.1, 0.15) is 7.28 Å². The number of carbonyl (C=O) groups is 1. The van der Waals surface area contributed by atoms with E-state index in [1.165, 1.54) is 0 Å². The van der Waals surface area contributed by atoms with Crippen LogP contribution in [-0.4, -0.2) is 18.2 Å². The predicted molar refractivity (Wildman–Crippen MR) is 88.8 cm³/mol. The molecule has 1 N–H and O–H groups in total. The largest absolute Gasteiger partial charge is 0.349 e. The van der Waals surface area contributed by atoms with E-state index in [9.17, 15) is 4.79 Å². The molecule has 3 nitrogen and oxygen atoms in total. The Bertz CT molecular complexity index is 597. The van der Waals surface area contributed by atoms with E-state index in [-0.39, 0.29) is 17.8 Å². The average Bonchev–Trinajstić information content (AvgIpc) is 3.11. The number of aromatic nitrogens is 1. The number of rotatable bonds is 5. The summed E-state index contributed by atoms with van der Waals surface area (Å²) < 4.78 is 0. The zero-order chi connectivity index (χ0) is 15.2. The van der Waals surface area contributed by atoms with Crippen molar-refractivity contribution < 1.29 is 4.79 Å². The molecule has 0 unspecified atom stereocenters. The van der Waals surface area contributed by atoms with Gasteiger partial charge in [-0.1, -0.05) is 49.1 Å². The van der Waals surface area contributed by atoms with Gasteiger partial charge in [-0.25, -0.2) is 0 Å². The summed E-state index contributed by atoms with van der Waals surface area (Å²) >= 11 is 0. The zero-order valence-corrected chi connectivity index (χ0v) is 12.6. The van der Waals surface area contributed by atoms with E-state index in [2.05, 4.69) is 29.7 Å². The van der Waals surface area contributed by atoms with E-state index in [0.717, 1.165) is 30.4 Å². The summed E-state index contributed by atoms with van der Waals surface area (Å²) in [6, 6.07) is 16.0. The third-order valence-electron chi connectivity index (χ3n) is 4.17. The molecule has 1 aliphatic heterocycles. The second-order valence-electron chi connectivity index (χ2n) is 5.77. The lowest BCUT2D eigenvalue weighted by Gasteiger charge is -2.21. The van der Waals surface area contributed by atoms with Gasteiger partial charge < -0.3 is 5.32 Å². The first kappa shape index (κ1) is 14.8. The van der Waals surface area contributed by atoms with Gasteiger partial charge in [0.2, 0.25) is 5.91 Å². The monoisotopic (exact) mass is 291 g/mol. The summed E-state index contributed by atoms with van der Waals surface area (Å²) in [6.07, 6.45) is 5.65. The molecule has 1 aromatic heterocycles. The molecule has 2 aromatic rings. The summed E-state index contributed by atoms with van der Waals surface area (Å²) in [5, 5.41) is 3.21. The zero-order valence-electron chi connectivity index (χ0n) is 12.6. The molecule has 1 fully saturated rings. The molecule has 1 aromatic carbocycles. The van der Waals surface area contributed by atoms with Crippen LogP contribution < -0.4 is 5.32 Å². The Kier molecular flexibility index (Phi) is 4.89. The van der Waals surface area contributed by atoms with Crippen LogP contribution in [0.1, 0.15) is 30.1 Å². The van der Waals surface area contributed by atoms with Crippen LogP contribution in [0.5, 0.6) is 0 Å². The van der Waals surface area contributed by atoms with Crippen LogP contribution in [0.15, 0.2) is 54.7 Å². The standard InChI is InChI=1S/C18H20BN2O/c22-18(16-10-6-11-19-16)21-17(14-7-2-1-3-8-14)13-15-9-4-5-12-20-15/h1-5,7-9,12,16-17H,6,10-11,13H2,(H,21,22)/t16-,17-/m0/s1. The molecular weight excluding hydrogens is 271 g/mol. The second kappa shape index (κ2) is 7.25. The van der Waals surface area contributed by atoms with Crippen molar-refractivity contribution in [2.45, 2.75) is 37.4 Å². The smallest absolute Gasteiger partial charge is 0.215 e. The summed E-state index contributed by atoms with van der Waals surface area (Å²) in [7, 11) is 2.14. The lowest BCUT2D eigenvalue weighted by molar-refractivity contribution is -0.121. The quantitative estimate of drug-likeness (QED) is 0.860. The highest BCUT2D eigenvalue weighted by Crippen LogP contribution is 2.26. The SMILES string of the molecule is O=C(N[C@@H](Cc1ccccn1)c1ccccc1)[C@H]1[B]CCC1. The van der Waals surface area contributed by atoms with Crippen LogP contribution in [-0.2, 0) is 11.2 Å². The van der Waals surface area contributed by atoms with Crippen LogP contribution in [0, 0.1) is 0 Å². The molecule has 1 aliphatic rings. The lowest BCUT2D eigenvalue weighted by Crippen LogP contribution is -2.33. The third-order valence-corrected chi connectivity index (χ3v) is 4.17. The van der Waals surface area contributed by atoms with E-state index in [1.54, 1.807) is 6.20 Å². The van der Waals surface area contributed by atoms with E-state index < -0.39 is 0 Å². The molecule has 2 heterocycles. The lowest BCUT2D eigenvalue weighted by atomic mass is 9.67. The van der Waals surface area contributed by atoms with Gasteiger partial charge in [0.15, 0.2) is 0 Å². The van der Waals surface area contributed by atoms with Crippen LogP contribution in [0.25, 0.3) is 0 Å². The van der Waals surface area contributed by atoms with Gasteiger partial charge in [-0.2, -0.15) is 0 Å². The summed E-state index contributed by atoms with van der Waals surface area (Å²) in [6.45, 7) is 0. The fourth-order valence-electron chi connectivity index (χ4n) is 2.96. The van der Waals surface area contributed by atoms with E-state index in [1.807, 2.05) is 36.4 Å². The number of amides is 1. The number of hydrogen-bond donors (Lipinski definition) is 1. The Balaban J connectivity index is 1.75. The Morgan fingerprint density at radius 2 is 2.05 bits per heavy atom. The molecule has 111 valence electrons. The summed E-state index contributed by atoms with van der Waals surface area (Å²) in [5.74, 6) is 0.206. The van der Waals surface area contributed by atoms with Crippen molar-refractivity contribution in [1.29, 1.82) is 0 Å². The fourth-order valence-corrected chi connectivity index (χ4v) is 2.96. The minimum absolute atomic E-state index is 0.0300. The van der Waals surface area contributed by atoms with Crippen molar-refractivity contribution in [1.82, 2.24) is 10.3 Å². The van der Waals surface area contributed by atoms with Crippen LogP contribution in [0.4, 0.5) is 0 Å². The van der Waals surface area contributed by atoms with Crippen molar-refractivity contribution in [2.75, 3.05) is 0 Å². The van der Waals surface area contributed by atoms with Crippen molar-refractivity contribution in [3.63, 3.8) is 0 Å². The van der Waals surface area contributed by atoms with Gasteiger partial charge in [-0.05, 0) is 24.1 Å². The van der Waals surface area contributed by atoms with Gasteiger partial charge in [-0.15, -0.1) is 0 Å². The third kappa shape index (κ3) is 3.76. The topological polar surface area (TPSA) is 42.0 Å². The van der Waals surface area contributed by atoms with E-state index >= 15 is 0 Å². The number of carbonyl (C=O) groups excluding carboxylic acids is 1. The minimum Gasteiger partial charge on any atom is -0.349 e. The van der Waals surface area contributed by atoms with Crippen LogP contribution in [0.2, 0.25) is 12.1 Å². The molecule has 1 radical (unpaired) electrons. The van der Waals surface area contributed by atoms with Crippen molar-refractivity contribution >= 4 is 13.2 Å². The van der Waals surface area contributed by atoms with Gasteiger partial charge in [0.05, 0.1) is 6.04 Å². The van der Waals surface area contributed by atoms with Crippen molar-refractivity contribution in [3.05, 3.63) is 66.0 Å². The number of hydrogen-bond acceptors (Lipinski definition) is 2. The van der Waals surface area contributed by atoms with Crippen LogP contribution in [0.3, 0.4) is 0 Å². The van der Waals surface area contributed by atoms with Crippen LogP contribution >= 0.6 is 0 Å². The molecule has 3 rings (SSSR count). The Morgan fingerprint density at radius 3 is 2.73 bits per heavy atom. The van der Waals surface area contributed by atoms with Crippen molar-refractivity contribution in [3.8, 4) is 0 Å². The first-order valence-corrected chi connectivity index (χ1v) is 7.91. The molecule has 0 spiro atoms. The highest BCUT2D eigenvalue weighted by Gasteiger charge is 2.26. The molecule has 0 aliphatic carbocycles. The maximum absolute atomic E-state index is 12.5. The number of pyridine rings is 1. The maximum atomic E-state index is 12.5. The molecule has 2 atom stereocenters. The molecule has 22 heavy (non-hydrogen) atoms. The average molecular weight is 291 g/mol. The van der Waals surface area contributed by atoms with Gasteiger partial charge >= 0.3 is 0 Å². The highest BCUT2D eigenvalue weighted by atomic mass is 16.1. The molecule has 1 amide bonds. The number of nitrogens with zero attached hydrogens (tertiary/aromatic N) is 1. The number of nitrogens with one attached hydrogen (secondary N) is 1. The van der Waals surface area contributed by atoms with Gasteiger partial charge in [0, 0.05) is 24.1 Å². The van der Waals surface area contributed by atoms with Gasteiger partial charge in [0.25, 0.3) is 0 Å². The molecule has 1 saturated heterocycles. The normalized spacial score (nSPS) is 18.5.